The summed E-state index contributed by atoms with van der Waals surface area (Å²) in [4.78, 5) is 11.7. The zero-order valence-corrected chi connectivity index (χ0v) is 8.61. The third-order valence-corrected chi connectivity index (χ3v) is 2.54. The maximum atomic E-state index is 10.7. The Bertz CT molecular complexity index is 300. The van der Waals surface area contributed by atoms with E-state index in [1.54, 1.807) is 0 Å². The third kappa shape index (κ3) is 3.74. The molecule has 1 rings (SSSR count). The molecule has 0 atom stereocenters. The monoisotopic (exact) mass is 215 g/mol. The summed E-state index contributed by atoms with van der Waals surface area (Å²) in [5.41, 5.74) is 0.915. The van der Waals surface area contributed by atoms with E-state index in [1.807, 2.05) is 24.3 Å². The Labute approximate surface area is 87.9 Å². The van der Waals surface area contributed by atoms with Gasteiger partial charge in [-0.1, -0.05) is 22.9 Å². The smallest absolute Gasteiger partial charge is 0.302 e. The second kappa shape index (κ2) is 5.19. The van der Waals surface area contributed by atoms with Gasteiger partial charge in [0.1, 0.15) is 6.61 Å². The first-order chi connectivity index (χ1) is 6.76. The predicted molar refractivity (Wildman–Crippen MR) is 56.8 cm³/mol. The number of hydrogen-bond acceptors (Lipinski definition) is 4. The molecule has 0 N–H and O–H groups in total. The number of ether oxygens (including phenoxy) is 1. The van der Waals surface area contributed by atoms with Crippen molar-refractivity contribution < 1.29 is 10.9 Å². The first kappa shape index (κ1) is 8.97. The Hall–Kier alpha value is -0.610. The highest BCUT2D eigenvalue weighted by atomic mass is 33.1. The molecular formula is C9H10O2S2. The number of esters is 1. The summed E-state index contributed by atoms with van der Waals surface area (Å²) >= 11 is 4.05. The molecule has 4 heteroatoms. The molecule has 2 nitrogen and oxygen atoms in total. The SMILES string of the molecule is [2H]CC(=O)OCc1ccc(SS)cc1. The molecule has 0 bridgehead atoms. The van der Waals surface area contributed by atoms with Gasteiger partial charge in [-0.15, -0.1) is 11.7 Å². The van der Waals surface area contributed by atoms with Crippen molar-refractivity contribution in [1.29, 1.82) is 0 Å². The van der Waals surface area contributed by atoms with Crippen LogP contribution < -0.4 is 0 Å². The highest BCUT2D eigenvalue weighted by molar-refractivity contribution is 8.68. The fourth-order valence-corrected chi connectivity index (χ4v) is 1.43. The fourth-order valence-electron chi connectivity index (χ4n) is 0.810. The summed E-state index contributed by atoms with van der Waals surface area (Å²) < 4.78 is 11.5. The van der Waals surface area contributed by atoms with Gasteiger partial charge in [-0.05, 0) is 17.7 Å². The summed E-state index contributed by atoms with van der Waals surface area (Å²) in [5.74, 6) is -0.502. The molecule has 0 saturated carbocycles. The maximum Gasteiger partial charge on any atom is 0.302 e. The Kier molecular flexibility index (Phi) is 3.58. The van der Waals surface area contributed by atoms with Crippen molar-refractivity contribution in [2.24, 2.45) is 0 Å². The molecule has 0 aromatic heterocycles. The quantitative estimate of drug-likeness (QED) is 0.477. The van der Waals surface area contributed by atoms with E-state index in [2.05, 4.69) is 11.7 Å². The first-order valence-corrected chi connectivity index (χ1v) is 5.48. The van der Waals surface area contributed by atoms with Crippen LogP contribution >= 0.6 is 22.5 Å². The molecule has 1 aromatic carbocycles. The third-order valence-electron chi connectivity index (χ3n) is 1.43. The lowest BCUT2D eigenvalue weighted by atomic mass is 10.2. The lowest BCUT2D eigenvalue weighted by Gasteiger charge is -2.02. The molecule has 0 fully saturated rings. The van der Waals surface area contributed by atoms with Crippen molar-refractivity contribution in [3.8, 4) is 0 Å². The zero-order valence-electron chi connectivity index (χ0n) is 7.90. The Morgan fingerprint density at radius 3 is 2.85 bits per heavy atom. The molecule has 1 aromatic rings. The lowest BCUT2D eigenvalue weighted by molar-refractivity contribution is -0.142. The summed E-state index contributed by atoms with van der Waals surface area (Å²) in [5, 5.41) is 0. The molecule has 0 aliphatic carbocycles. The van der Waals surface area contributed by atoms with Crippen LogP contribution in [0.4, 0.5) is 0 Å². The van der Waals surface area contributed by atoms with Crippen LogP contribution in [0, 0.1) is 0 Å². The summed E-state index contributed by atoms with van der Waals surface area (Å²) in [6.07, 6.45) is 0. The van der Waals surface area contributed by atoms with Crippen molar-refractivity contribution in [1.82, 2.24) is 0 Å². The van der Waals surface area contributed by atoms with Gasteiger partial charge in [0.25, 0.3) is 0 Å². The number of benzene rings is 1. The first-order valence-electron chi connectivity index (χ1n) is 4.32. The Morgan fingerprint density at radius 2 is 2.31 bits per heavy atom. The van der Waals surface area contributed by atoms with Crippen LogP contribution in [0.1, 0.15) is 13.8 Å². The molecular weight excluding hydrogens is 204 g/mol. The van der Waals surface area contributed by atoms with Gasteiger partial charge in [0.2, 0.25) is 0 Å². The van der Waals surface area contributed by atoms with Crippen molar-refractivity contribution in [3.05, 3.63) is 29.8 Å². The average Bonchev–Trinajstić information content (AvgIpc) is 2.26. The highest BCUT2D eigenvalue weighted by Gasteiger charge is 1.96. The van der Waals surface area contributed by atoms with E-state index in [1.165, 1.54) is 10.8 Å². The number of rotatable bonds is 3. The van der Waals surface area contributed by atoms with Crippen molar-refractivity contribution in [2.45, 2.75) is 18.4 Å². The molecule has 0 amide bonds. The highest BCUT2D eigenvalue weighted by Crippen LogP contribution is 2.21. The number of carbonyl (C=O) groups is 1. The molecule has 0 aliphatic heterocycles. The van der Waals surface area contributed by atoms with Gasteiger partial charge < -0.3 is 4.74 Å². The number of hydrogen-bond donors (Lipinski definition) is 1. The van der Waals surface area contributed by atoms with Gasteiger partial charge in [-0.3, -0.25) is 4.79 Å². The predicted octanol–water partition coefficient (Wildman–Crippen LogP) is 2.69. The van der Waals surface area contributed by atoms with Crippen LogP contribution in [0.3, 0.4) is 0 Å². The summed E-state index contributed by atoms with van der Waals surface area (Å²) in [6, 6.07) is 7.55. The molecule has 0 unspecified atom stereocenters. The van der Waals surface area contributed by atoms with Crippen LogP contribution in [0.15, 0.2) is 29.2 Å². The van der Waals surface area contributed by atoms with E-state index >= 15 is 0 Å². The van der Waals surface area contributed by atoms with E-state index in [4.69, 9.17) is 6.11 Å². The van der Waals surface area contributed by atoms with Gasteiger partial charge in [0.15, 0.2) is 0 Å². The standard InChI is InChI=1S/C9H10O2S2/c1-7(10)11-6-8-2-4-9(13-12)5-3-8/h2-5,12H,6H2,1H3/i1D. The van der Waals surface area contributed by atoms with Crippen LogP contribution in [0.25, 0.3) is 0 Å². The van der Waals surface area contributed by atoms with Crippen molar-refractivity contribution >= 4 is 28.4 Å². The summed E-state index contributed by atoms with van der Waals surface area (Å²) in [7, 11) is 1.36. The zero-order chi connectivity index (χ0) is 10.4. The molecule has 0 radical (unpaired) electrons. The van der Waals surface area contributed by atoms with E-state index in [0.717, 1.165) is 10.5 Å². The van der Waals surface area contributed by atoms with Crippen molar-refractivity contribution in [3.63, 3.8) is 0 Å². The molecule has 0 spiro atoms. The molecule has 0 aliphatic rings. The van der Waals surface area contributed by atoms with Gasteiger partial charge in [0, 0.05) is 13.2 Å². The topological polar surface area (TPSA) is 26.3 Å². The second-order valence-corrected chi connectivity index (χ2v) is 3.60. The van der Waals surface area contributed by atoms with Crippen LogP contribution in [0.5, 0.6) is 0 Å². The minimum Gasteiger partial charge on any atom is -0.461 e. The second-order valence-electron chi connectivity index (χ2n) is 2.40. The molecule has 13 heavy (non-hydrogen) atoms. The Morgan fingerprint density at radius 1 is 1.62 bits per heavy atom. The normalized spacial score (nSPS) is 10.7. The van der Waals surface area contributed by atoms with Crippen LogP contribution in [-0.4, -0.2) is 5.97 Å². The maximum absolute atomic E-state index is 10.7. The fraction of sp³-hybridized carbons (Fsp3) is 0.222. The molecule has 70 valence electrons. The van der Waals surface area contributed by atoms with E-state index < -0.39 is 5.97 Å². The molecule has 0 saturated heterocycles. The minimum atomic E-state index is -0.502. The summed E-state index contributed by atoms with van der Waals surface area (Å²) in [6.45, 7) is -0.0974. The van der Waals surface area contributed by atoms with Gasteiger partial charge in [-0.25, -0.2) is 0 Å². The lowest BCUT2D eigenvalue weighted by Crippen LogP contribution is -1.98. The largest absolute Gasteiger partial charge is 0.461 e. The van der Waals surface area contributed by atoms with E-state index in [-0.39, 0.29) is 13.5 Å². The average molecular weight is 215 g/mol. The van der Waals surface area contributed by atoms with Crippen LogP contribution in [-0.2, 0) is 16.1 Å². The van der Waals surface area contributed by atoms with E-state index in [9.17, 15) is 4.79 Å². The van der Waals surface area contributed by atoms with Gasteiger partial charge in [-0.2, -0.15) is 0 Å². The Balaban J connectivity index is 2.47. The number of thiol groups is 1. The van der Waals surface area contributed by atoms with Gasteiger partial charge in [0.05, 0.1) is 0 Å². The van der Waals surface area contributed by atoms with Crippen LogP contribution in [0.2, 0.25) is 0 Å². The van der Waals surface area contributed by atoms with E-state index in [0.29, 0.717) is 0 Å². The minimum absolute atomic E-state index is 0.231. The number of carbonyl (C=O) groups excluding carboxylic acids is 1. The molecule has 0 heterocycles. The van der Waals surface area contributed by atoms with Crippen molar-refractivity contribution in [2.75, 3.05) is 0 Å². The van der Waals surface area contributed by atoms with Gasteiger partial charge >= 0.3 is 5.97 Å².